The van der Waals surface area contributed by atoms with Gasteiger partial charge in [-0.25, -0.2) is 9.37 Å². The minimum Gasteiger partial charge on any atom is -0.337 e. The standard InChI is InChI=1S/C18H21FN4O3/c1-11(2)7-23-15(25)8-22(16-14(19)5-12(3)6-20-16)17(26)18(23)9-21(10-18)13(4)24/h5-6H,1,7-10H2,2-4H3. The maximum Gasteiger partial charge on any atom is 0.258 e. The molecule has 2 fully saturated rings. The fraction of sp³-hybridized carbons (Fsp3) is 0.444. The summed E-state index contributed by atoms with van der Waals surface area (Å²) in [4.78, 5) is 45.7. The van der Waals surface area contributed by atoms with E-state index >= 15 is 0 Å². The Labute approximate surface area is 151 Å². The van der Waals surface area contributed by atoms with Gasteiger partial charge in [-0.1, -0.05) is 12.2 Å². The Balaban J connectivity index is 2.00. The van der Waals surface area contributed by atoms with Gasteiger partial charge in [0.1, 0.15) is 6.54 Å². The predicted octanol–water partition coefficient (Wildman–Crippen LogP) is 0.881. The molecule has 3 heterocycles. The van der Waals surface area contributed by atoms with E-state index in [1.54, 1.807) is 13.8 Å². The molecule has 2 aliphatic heterocycles. The Morgan fingerprint density at radius 1 is 1.35 bits per heavy atom. The Morgan fingerprint density at radius 2 is 2.00 bits per heavy atom. The number of carbonyl (C=O) groups excluding carboxylic acids is 3. The summed E-state index contributed by atoms with van der Waals surface area (Å²) in [6.07, 6.45) is 1.45. The molecule has 0 N–H and O–H groups in total. The minimum atomic E-state index is -1.20. The van der Waals surface area contributed by atoms with Gasteiger partial charge in [0.15, 0.2) is 17.2 Å². The molecule has 0 atom stereocenters. The minimum absolute atomic E-state index is 0.0875. The smallest absolute Gasteiger partial charge is 0.258 e. The van der Waals surface area contributed by atoms with E-state index in [9.17, 15) is 18.8 Å². The second-order valence-corrected chi connectivity index (χ2v) is 7.05. The molecule has 8 heteroatoms. The van der Waals surface area contributed by atoms with E-state index in [1.807, 2.05) is 0 Å². The van der Waals surface area contributed by atoms with Crippen LogP contribution in [0.4, 0.5) is 10.2 Å². The van der Waals surface area contributed by atoms with Gasteiger partial charge >= 0.3 is 0 Å². The maximum absolute atomic E-state index is 14.4. The SMILES string of the molecule is C=C(C)CN1C(=O)CN(c2ncc(C)cc2F)C(=O)C12CN(C(C)=O)C2. The second-order valence-electron chi connectivity index (χ2n) is 7.05. The highest BCUT2D eigenvalue weighted by atomic mass is 19.1. The molecule has 2 saturated heterocycles. The Kier molecular flexibility index (Phi) is 4.29. The molecule has 0 saturated carbocycles. The van der Waals surface area contributed by atoms with Crippen molar-refractivity contribution in [3.05, 3.63) is 35.8 Å². The van der Waals surface area contributed by atoms with Gasteiger partial charge in [-0.05, 0) is 25.5 Å². The monoisotopic (exact) mass is 360 g/mol. The number of pyridine rings is 1. The fourth-order valence-corrected chi connectivity index (χ4v) is 3.42. The summed E-state index contributed by atoms with van der Waals surface area (Å²) in [6, 6.07) is 1.27. The number of hydrogen-bond donors (Lipinski definition) is 0. The van der Waals surface area contributed by atoms with Gasteiger partial charge < -0.3 is 9.80 Å². The first-order valence-corrected chi connectivity index (χ1v) is 8.30. The molecular weight excluding hydrogens is 339 g/mol. The maximum atomic E-state index is 14.4. The lowest BCUT2D eigenvalue weighted by Gasteiger charge is -2.57. The summed E-state index contributed by atoms with van der Waals surface area (Å²) in [5, 5.41) is 0. The molecule has 26 heavy (non-hydrogen) atoms. The van der Waals surface area contributed by atoms with Gasteiger partial charge in [0.05, 0.1) is 13.1 Å². The van der Waals surface area contributed by atoms with Crippen molar-refractivity contribution in [1.82, 2.24) is 14.8 Å². The summed E-state index contributed by atoms with van der Waals surface area (Å²) >= 11 is 0. The van der Waals surface area contributed by atoms with Crippen molar-refractivity contribution in [2.75, 3.05) is 31.1 Å². The molecule has 1 aromatic heterocycles. The van der Waals surface area contributed by atoms with Crippen LogP contribution in [-0.4, -0.2) is 64.2 Å². The molecule has 0 radical (unpaired) electrons. The number of hydrogen-bond acceptors (Lipinski definition) is 4. The van der Waals surface area contributed by atoms with E-state index in [-0.39, 0.29) is 43.8 Å². The van der Waals surface area contributed by atoms with E-state index < -0.39 is 17.3 Å². The summed E-state index contributed by atoms with van der Waals surface area (Å²) in [7, 11) is 0. The second kappa shape index (κ2) is 6.19. The van der Waals surface area contributed by atoms with Gasteiger partial charge in [0.2, 0.25) is 11.8 Å². The average molecular weight is 360 g/mol. The van der Waals surface area contributed by atoms with Gasteiger partial charge in [-0.15, -0.1) is 0 Å². The van der Waals surface area contributed by atoms with Crippen molar-refractivity contribution >= 4 is 23.5 Å². The molecule has 0 aromatic carbocycles. The number of anilines is 1. The third-order valence-corrected chi connectivity index (χ3v) is 4.75. The largest absolute Gasteiger partial charge is 0.337 e. The van der Waals surface area contributed by atoms with Gasteiger partial charge in [-0.2, -0.15) is 0 Å². The molecule has 2 aliphatic rings. The van der Waals surface area contributed by atoms with E-state index in [0.29, 0.717) is 5.56 Å². The summed E-state index contributed by atoms with van der Waals surface area (Å²) in [5.41, 5.74) is 0.144. The van der Waals surface area contributed by atoms with E-state index in [0.717, 1.165) is 10.5 Å². The third-order valence-electron chi connectivity index (χ3n) is 4.75. The van der Waals surface area contributed by atoms with Crippen molar-refractivity contribution in [3.63, 3.8) is 0 Å². The fourth-order valence-electron chi connectivity index (χ4n) is 3.42. The first-order valence-electron chi connectivity index (χ1n) is 8.30. The van der Waals surface area contributed by atoms with Crippen LogP contribution in [0.5, 0.6) is 0 Å². The van der Waals surface area contributed by atoms with Gasteiger partial charge in [-0.3, -0.25) is 19.3 Å². The Morgan fingerprint density at radius 3 is 2.54 bits per heavy atom. The lowest BCUT2D eigenvalue weighted by atomic mass is 9.83. The van der Waals surface area contributed by atoms with E-state index in [4.69, 9.17) is 0 Å². The molecule has 7 nitrogen and oxygen atoms in total. The normalized spacial score (nSPS) is 19.0. The molecule has 0 aliphatic carbocycles. The van der Waals surface area contributed by atoms with Crippen molar-refractivity contribution in [1.29, 1.82) is 0 Å². The number of nitrogens with zero attached hydrogens (tertiary/aromatic N) is 4. The van der Waals surface area contributed by atoms with Crippen LogP contribution < -0.4 is 4.90 Å². The van der Waals surface area contributed by atoms with Crippen molar-refractivity contribution in [2.24, 2.45) is 0 Å². The number of aromatic nitrogens is 1. The van der Waals surface area contributed by atoms with Crippen LogP contribution in [-0.2, 0) is 14.4 Å². The lowest BCUT2D eigenvalue weighted by Crippen LogP contribution is -2.81. The molecule has 138 valence electrons. The van der Waals surface area contributed by atoms with Gasteiger partial charge in [0, 0.05) is 19.7 Å². The van der Waals surface area contributed by atoms with Crippen LogP contribution >= 0.6 is 0 Å². The Bertz CT molecular complexity index is 817. The molecule has 0 unspecified atom stereocenters. The van der Waals surface area contributed by atoms with E-state index in [1.165, 1.54) is 29.0 Å². The van der Waals surface area contributed by atoms with Crippen LogP contribution in [0.3, 0.4) is 0 Å². The lowest BCUT2D eigenvalue weighted by molar-refractivity contribution is -0.167. The topological polar surface area (TPSA) is 73.8 Å². The molecule has 1 aromatic rings. The van der Waals surface area contributed by atoms with E-state index in [2.05, 4.69) is 11.6 Å². The predicted molar refractivity (Wildman–Crippen MR) is 92.8 cm³/mol. The molecule has 3 amide bonds. The van der Waals surface area contributed by atoms with Crippen LogP contribution in [0, 0.1) is 12.7 Å². The molecule has 1 spiro atoms. The number of likely N-dealkylation sites (tertiary alicyclic amines) is 1. The van der Waals surface area contributed by atoms with Crippen molar-refractivity contribution in [2.45, 2.75) is 26.3 Å². The number of halogens is 1. The number of carbonyl (C=O) groups is 3. The third kappa shape index (κ3) is 2.75. The molecule has 3 rings (SSSR count). The highest BCUT2D eigenvalue weighted by molar-refractivity contribution is 6.10. The quantitative estimate of drug-likeness (QED) is 0.750. The first kappa shape index (κ1) is 18.0. The first-order chi connectivity index (χ1) is 12.2. The zero-order valence-corrected chi connectivity index (χ0v) is 15.1. The van der Waals surface area contributed by atoms with Crippen molar-refractivity contribution in [3.8, 4) is 0 Å². The zero-order valence-electron chi connectivity index (χ0n) is 15.1. The number of piperazine rings is 1. The van der Waals surface area contributed by atoms with Crippen LogP contribution in [0.1, 0.15) is 19.4 Å². The summed E-state index contributed by atoms with van der Waals surface area (Å²) in [6.45, 7) is 8.78. The number of aryl methyl sites for hydroxylation is 1. The summed E-state index contributed by atoms with van der Waals surface area (Å²) in [5.74, 6) is -1.74. The van der Waals surface area contributed by atoms with Crippen LogP contribution in [0.15, 0.2) is 24.4 Å². The number of amides is 3. The highest BCUT2D eigenvalue weighted by Gasteiger charge is 2.60. The number of rotatable bonds is 3. The van der Waals surface area contributed by atoms with Gasteiger partial charge in [0.25, 0.3) is 5.91 Å². The highest BCUT2D eigenvalue weighted by Crippen LogP contribution is 2.36. The zero-order chi connectivity index (χ0) is 19.2. The summed E-state index contributed by atoms with van der Waals surface area (Å²) < 4.78 is 14.4. The average Bonchev–Trinajstić information content (AvgIpc) is 2.49. The molecular formula is C18H21FN4O3. The molecule has 0 bridgehead atoms. The van der Waals surface area contributed by atoms with Crippen LogP contribution in [0.2, 0.25) is 0 Å². The Hall–Kier alpha value is -2.77. The van der Waals surface area contributed by atoms with Crippen molar-refractivity contribution < 1.29 is 18.8 Å². The van der Waals surface area contributed by atoms with Crippen LogP contribution in [0.25, 0.3) is 0 Å².